The molecule has 2 aromatic carbocycles. The van der Waals surface area contributed by atoms with Gasteiger partial charge >= 0.3 is 0 Å². The van der Waals surface area contributed by atoms with E-state index in [4.69, 9.17) is 0 Å². The molecule has 2 N–H and O–H groups in total. The van der Waals surface area contributed by atoms with Crippen LogP contribution in [-0.2, 0) is 6.42 Å². The van der Waals surface area contributed by atoms with Gasteiger partial charge < -0.3 is 10.2 Å². The fourth-order valence-corrected chi connectivity index (χ4v) is 5.41. The first kappa shape index (κ1) is 22.1. The monoisotopic (exact) mass is 446 g/mol. The van der Waals surface area contributed by atoms with Gasteiger partial charge in [0.25, 0.3) is 5.92 Å². The maximum absolute atomic E-state index is 15.0. The summed E-state index contributed by atoms with van der Waals surface area (Å²) in [6.45, 7) is 1.32. The normalized spacial score (nSPS) is 23.1. The Balaban J connectivity index is 1.59. The summed E-state index contributed by atoms with van der Waals surface area (Å²) in [5.74, 6) is -5.70. The Morgan fingerprint density at radius 2 is 1.77 bits per heavy atom. The van der Waals surface area contributed by atoms with Crippen LogP contribution in [0.3, 0.4) is 0 Å². The lowest BCUT2D eigenvalue weighted by Gasteiger charge is -2.40. The van der Waals surface area contributed by atoms with Crippen molar-refractivity contribution in [3.05, 3.63) is 82.0 Å². The molecule has 164 valence electrons. The van der Waals surface area contributed by atoms with Crippen LogP contribution in [0.2, 0.25) is 0 Å². The first-order chi connectivity index (χ1) is 14.8. The average molecular weight is 447 g/mol. The van der Waals surface area contributed by atoms with Crippen LogP contribution in [0.25, 0.3) is 10.4 Å². The number of alkyl halides is 2. The van der Waals surface area contributed by atoms with Gasteiger partial charge in [0.1, 0.15) is 5.82 Å². The summed E-state index contributed by atoms with van der Waals surface area (Å²) in [4.78, 5) is 2.11. The van der Waals surface area contributed by atoms with Crippen LogP contribution in [0, 0.1) is 18.7 Å². The number of hydrogen-bond donors (Lipinski definition) is 2. The van der Waals surface area contributed by atoms with Gasteiger partial charge in [-0.25, -0.2) is 13.2 Å². The maximum Gasteiger partial charge on any atom is 0.260 e. The SMILES string of the molecule is Cc1ccc(C2CC(O)CC(CO)C2(F)F)cc1Cc1ccc(-c2ccc(F)cc2)s1. The minimum atomic E-state index is -3.07. The fraction of sp³-hybridized carbons (Fsp3) is 0.360. The van der Waals surface area contributed by atoms with E-state index in [1.807, 2.05) is 31.2 Å². The highest BCUT2D eigenvalue weighted by atomic mass is 32.1. The number of thiophene rings is 1. The first-order valence-corrected chi connectivity index (χ1v) is 11.2. The predicted octanol–water partition coefficient (Wildman–Crippen LogP) is 5.94. The van der Waals surface area contributed by atoms with Crippen LogP contribution in [0.15, 0.2) is 54.6 Å². The molecule has 1 aliphatic carbocycles. The number of aliphatic hydroxyl groups excluding tert-OH is 2. The molecule has 31 heavy (non-hydrogen) atoms. The van der Waals surface area contributed by atoms with E-state index in [2.05, 4.69) is 0 Å². The second-order valence-electron chi connectivity index (χ2n) is 8.37. The molecule has 3 aromatic rings. The minimum absolute atomic E-state index is 0.0142. The molecule has 0 bridgehead atoms. The molecule has 0 radical (unpaired) electrons. The van der Waals surface area contributed by atoms with Gasteiger partial charge in [0.05, 0.1) is 18.6 Å². The third-order valence-electron chi connectivity index (χ3n) is 6.22. The molecule has 1 saturated carbocycles. The summed E-state index contributed by atoms with van der Waals surface area (Å²) >= 11 is 1.60. The standard InChI is InChI=1S/C25H25F3O2S/c1-15-2-3-17(23-13-21(30)12-19(14-29)25(23,27)28)10-18(15)11-22-8-9-24(31-22)16-4-6-20(26)7-5-16/h2-10,19,21,23,29-30H,11-14H2,1H3. The van der Waals surface area contributed by atoms with Gasteiger partial charge in [0.15, 0.2) is 0 Å². The fourth-order valence-electron chi connectivity index (χ4n) is 4.38. The van der Waals surface area contributed by atoms with Crippen molar-refractivity contribution in [2.45, 2.75) is 44.1 Å². The van der Waals surface area contributed by atoms with Gasteiger partial charge in [0.2, 0.25) is 0 Å². The predicted molar refractivity (Wildman–Crippen MR) is 117 cm³/mol. The Kier molecular flexibility index (Phi) is 6.24. The van der Waals surface area contributed by atoms with Crippen LogP contribution >= 0.6 is 11.3 Å². The molecule has 0 amide bonds. The van der Waals surface area contributed by atoms with Crippen LogP contribution in [0.4, 0.5) is 13.2 Å². The topological polar surface area (TPSA) is 40.5 Å². The quantitative estimate of drug-likeness (QED) is 0.510. The third kappa shape index (κ3) is 4.56. The van der Waals surface area contributed by atoms with Gasteiger partial charge in [0, 0.05) is 22.1 Å². The van der Waals surface area contributed by atoms with Crippen molar-refractivity contribution < 1.29 is 23.4 Å². The van der Waals surface area contributed by atoms with Crippen molar-refractivity contribution >= 4 is 11.3 Å². The summed E-state index contributed by atoms with van der Waals surface area (Å²) in [5.41, 5.74) is 3.41. The molecule has 6 heteroatoms. The van der Waals surface area contributed by atoms with E-state index in [1.54, 1.807) is 29.5 Å². The second kappa shape index (κ2) is 8.77. The average Bonchev–Trinajstić information content (AvgIpc) is 3.20. The zero-order valence-electron chi connectivity index (χ0n) is 17.2. The lowest BCUT2D eigenvalue weighted by Crippen LogP contribution is -2.45. The van der Waals surface area contributed by atoms with E-state index in [0.29, 0.717) is 12.0 Å². The minimum Gasteiger partial charge on any atom is -0.396 e. The number of benzene rings is 2. The van der Waals surface area contributed by atoms with Crippen molar-refractivity contribution in [2.24, 2.45) is 5.92 Å². The Hall–Kier alpha value is -2.15. The van der Waals surface area contributed by atoms with Crippen molar-refractivity contribution in [1.29, 1.82) is 0 Å². The zero-order valence-corrected chi connectivity index (χ0v) is 18.0. The number of halogens is 3. The number of rotatable bonds is 5. The molecular weight excluding hydrogens is 421 g/mol. The Morgan fingerprint density at radius 1 is 1.03 bits per heavy atom. The lowest BCUT2D eigenvalue weighted by molar-refractivity contribution is -0.142. The highest BCUT2D eigenvalue weighted by Crippen LogP contribution is 2.48. The van der Waals surface area contributed by atoms with Crippen molar-refractivity contribution in [2.75, 3.05) is 6.61 Å². The summed E-state index contributed by atoms with van der Waals surface area (Å²) in [6, 6.07) is 15.7. The second-order valence-corrected chi connectivity index (χ2v) is 9.54. The van der Waals surface area contributed by atoms with Crippen LogP contribution < -0.4 is 0 Å². The molecule has 1 aliphatic rings. The Morgan fingerprint density at radius 3 is 2.48 bits per heavy atom. The van der Waals surface area contributed by atoms with Gasteiger partial charge in [-0.05, 0) is 66.3 Å². The molecular formula is C25H25F3O2S. The number of aliphatic hydroxyl groups is 2. The number of aryl methyl sites for hydroxylation is 1. The molecule has 4 rings (SSSR count). The molecule has 3 unspecified atom stereocenters. The maximum atomic E-state index is 15.0. The first-order valence-electron chi connectivity index (χ1n) is 10.4. The smallest absolute Gasteiger partial charge is 0.260 e. The zero-order chi connectivity index (χ0) is 22.2. The van der Waals surface area contributed by atoms with E-state index in [1.165, 1.54) is 12.1 Å². The van der Waals surface area contributed by atoms with E-state index in [9.17, 15) is 23.4 Å². The van der Waals surface area contributed by atoms with Gasteiger partial charge in [-0.3, -0.25) is 0 Å². The van der Waals surface area contributed by atoms with Crippen molar-refractivity contribution in [3.8, 4) is 10.4 Å². The summed E-state index contributed by atoms with van der Waals surface area (Å²) in [6.07, 6.45) is -0.336. The largest absolute Gasteiger partial charge is 0.396 e. The molecule has 2 nitrogen and oxygen atoms in total. The molecule has 0 aliphatic heterocycles. The molecule has 3 atom stereocenters. The van der Waals surface area contributed by atoms with E-state index in [-0.39, 0.29) is 18.7 Å². The van der Waals surface area contributed by atoms with Crippen LogP contribution in [0.5, 0.6) is 0 Å². The lowest BCUT2D eigenvalue weighted by atomic mass is 9.73. The van der Waals surface area contributed by atoms with E-state index in [0.717, 1.165) is 26.4 Å². The van der Waals surface area contributed by atoms with Crippen LogP contribution in [0.1, 0.15) is 40.3 Å². The summed E-state index contributed by atoms with van der Waals surface area (Å²) in [5, 5.41) is 19.5. The molecule has 0 saturated heterocycles. The summed E-state index contributed by atoms with van der Waals surface area (Å²) < 4.78 is 43.1. The van der Waals surface area contributed by atoms with Gasteiger partial charge in [-0.2, -0.15) is 0 Å². The molecule has 1 fully saturated rings. The molecule has 1 heterocycles. The van der Waals surface area contributed by atoms with E-state index < -0.39 is 30.5 Å². The highest BCUT2D eigenvalue weighted by molar-refractivity contribution is 7.15. The number of hydrogen-bond acceptors (Lipinski definition) is 3. The van der Waals surface area contributed by atoms with E-state index >= 15 is 0 Å². The summed E-state index contributed by atoms with van der Waals surface area (Å²) in [7, 11) is 0. The highest BCUT2D eigenvalue weighted by Gasteiger charge is 2.52. The van der Waals surface area contributed by atoms with Crippen LogP contribution in [-0.4, -0.2) is 28.8 Å². The molecule has 1 aromatic heterocycles. The third-order valence-corrected chi connectivity index (χ3v) is 7.36. The Labute approximate surface area is 184 Å². The Bertz CT molecular complexity index is 1050. The van der Waals surface area contributed by atoms with Gasteiger partial charge in [-0.1, -0.05) is 30.3 Å². The van der Waals surface area contributed by atoms with Gasteiger partial charge in [-0.15, -0.1) is 11.3 Å². The van der Waals surface area contributed by atoms with Crippen molar-refractivity contribution in [3.63, 3.8) is 0 Å². The molecule has 0 spiro atoms. The van der Waals surface area contributed by atoms with Crippen molar-refractivity contribution in [1.82, 2.24) is 0 Å².